The molecule has 1 heterocycles. The maximum absolute atomic E-state index is 12.6. The first-order valence-electron chi connectivity index (χ1n) is 9.18. The molecular weight excluding hydrogens is 389 g/mol. The van der Waals surface area contributed by atoms with Gasteiger partial charge in [-0.25, -0.2) is 0 Å². The number of nitrogens with zero attached hydrogens (tertiary/aromatic N) is 1. The van der Waals surface area contributed by atoms with E-state index in [9.17, 15) is 4.79 Å². The number of hydrogen-bond donors (Lipinski definition) is 2. The van der Waals surface area contributed by atoms with Gasteiger partial charge in [-0.3, -0.25) is 4.79 Å². The number of rotatable bonds is 9. The highest BCUT2D eigenvalue weighted by Crippen LogP contribution is 2.31. The van der Waals surface area contributed by atoms with Crippen LogP contribution in [-0.4, -0.2) is 56.8 Å². The van der Waals surface area contributed by atoms with Crippen molar-refractivity contribution in [2.45, 2.75) is 26.7 Å². The third-order valence-electron chi connectivity index (χ3n) is 5.01. The molecule has 6 nitrogen and oxygen atoms in total. The summed E-state index contributed by atoms with van der Waals surface area (Å²) in [5, 5.41) is 2.98. The van der Waals surface area contributed by atoms with E-state index in [2.05, 4.69) is 24.1 Å². The topological polar surface area (TPSA) is 76.8 Å². The van der Waals surface area contributed by atoms with Gasteiger partial charge in [0.25, 0.3) is 0 Å². The van der Waals surface area contributed by atoms with Crippen molar-refractivity contribution in [1.29, 1.82) is 0 Å². The predicted octanol–water partition coefficient (Wildman–Crippen LogP) is 2.94. The SMILES string of the molecule is CCN(CC)CCOc1ccc(NC(=O)C2(CN)CCOCC2)cc1.Cl.Cl. The summed E-state index contributed by atoms with van der Waals surface area (Å²) in [7, 11) is 0. The van der Waals surface area contributed by atoms with Gasteiger partial charge in [-0.05, 0) is 50.2 Å². The van der Waals surface area contributed by atoms with Gasteiger partial charge in [0.1, 0.15) is 12.4 Å². The van der Waals surface area contributed by atoms with Gasteiger partial charge >= 0.3 is 0 Å². The van der Waals surface area contributed by atoms with Crippen molar-refractivity contribution in [3.8, 4) is 5.75 Å². The Morgan fingerprint density at radius 3 is 2.30 bits per heavy atom. The number of anilines is 1. The number of amides is 1. The van der Waals surface area contributed by atoms with Crippen LogP contribution in [0.25, 0.3) is 0 Å². The lowest BCUT2D eigenvalue weighted by molar-refractivity contribution is -0.130. The standard InChI is InChI=1S/C19H31N3O3.2ClH/c1-3-22(4-2)11-14-25-17-7-5-16(6-8-17)21-18(23)19(15-20)9-12-24-13-10-19;;/h5-8H,3-4,9-15,20H2,1-2H3,(H,21,23);2*1H. The summed E-state index contributed by atoms with van der Waals surface area (Å²) >= 11 is 0. The fourth-order valence-corrected chi connectivity index (χ4v) is 3.02. The molecule has 0 radical (unpaired) electrons. The molecule has 0 saturated carbocycles. The van der Waals surface area contributed by atoms with Crippen molar-refractivity contribution < 1.29 is 14.3 Å². The zero-order chi connectivity index (χ0) is 18.1. The molecule has 0 unspecified atom stereocenters. The third-order valence-corrected chi connectivity index (χ3v) is 5.01. The van der Waals surface area contributed by atoms with Crippen LogP contribution in [0.2, 0.25) is 0 Å². The monoisotopic (exact) mass is 421 g/mol. The van der Waals surface area contributed by atoms with Gasteiger partial charge in [0.05, 0.1) is 5.41 Å². The number of benzene rings is 1. The van der Waals surface area contributed by atoms with Crippen LogP contribution in [0.4, 0.5) is 5.69 Å². The molecule has 1 aliphatic rings. The van der Waals surface area contributed by atoms with Crippen LogP contribution in [0.15, 0.2) is 24.3 Å². The molecule has 0 atom stereocenters. The fourth-order valence-electron chi connectivity index (χ4n) is 3.02. The Morgan fingerprint density at radius 1 is 1.19 bits per heavy atom. The Labute approximate surface area is 175 Å². The number of hydrogen-bond acceptors (Lipinski definition) is 5. The Hall–Kier alpha value is -1.05. The Morgan fingerprint density at radius 2 is 1.78 bits per heavy atom. The number of nitrogens with two attached hydrogens (primary N) is 1. The maximum atomic E-state index is 12.6. The van der Waals surface area contributed by atoms with E-state index >= 15 is 0 Å². The largest absolute Gasteiger partial charge is 0.492 e. The molecule has 1 amide bonds. The molecule has 3 N–H and O–H groups in total. The lowest BCUT2D eigenvalue weighted by Gasteiger charge is -2.34. The van der Waals surface area contributed by atoms with Crippen molar-refractivity contribution in [2.75, 3.05) is 51.3 Å². The van der Waals surface area contributed by atoms with E-state index in [-0.39, 0.29) is 30.7 Å². The number of carbonyl (C=O) groups is 1. The second-order valence-corrected chi connectivity index (χ2v) is 6.45. The normalized spacial score (nSPS) is 15.4. The molecule has 1 saturated heterocycles. The summed E-state index contributed by atoms with van der Waals surface area (Å²) in [4.78, 5) is 14.9. The number of carbonyl (C=O) groups excluding carboxylic acids is 1. The van der Waals surface area contributed by atoms with E-state index in [1.165, 1.54) is 0 Å². The molecule has 2 rings (SSSR count). The second-order valence-electron chi connectivity index (χ2n) is 6.45. The van der Waals surface area contributed by atoms with Gasteiger partial charge in [0.2, 0.25) is 5.91 Å². The Kier molecular flexibility index (Phi) is 12.7. The molecule has 0 aliphatic carbocycles. The summed E-state index contributed by atoms with van der Waals surface area (Å²) in [6.07, 6.45) is 1.34. The summed E-state index contributed by atoms with van der Waals surface area (Å²) in [5.41, 5.74) is 6.13. The maximum Gasteiger partial charge on any atom is 0.232 e. The molecule has 1 aliphatic heterocycles. The number of halogens is 2. The van der Waals surface area contributed by atoms with Crippen LogP contribution in [0.5, 0.6) is 5.75 Å². The van der Waals surface area contributed by atoms with Gasteiger partial charge in [-0.1, -0.05) is 13.8 Å². The minimum atomic E-state index is -0.517. The first kappa shape index (κ1) is 26.0. The van der Waals surface area contributed by atoms with Crippen molar-refractivity contribution >= 4 is 36.4 Å². The van der Waals surface area contributed by atoms with Crippen LogP contribution in [-0.2, 0) is 9.53 Å². The van der Waals surface area contributed by atoms with Crippen LogP contribution < -0.4 is 15.8 Å². The summed E-state index contributed by atoms with van der Waals surface area (Å²) in [5.74, 6) is 0.790. The lowest BCUT2D eigenvalue weighted by Crippen LogP contribution is -2.46. The summed E-state index contributed by atoms with van der Waals surface area (Å²) in [6, 6.07) is 7.51. The Bertz CT molecular complexity index is 534. The van der Waals surface area contributed by atoms with Crippen molar-refractivity contribution in [3.05, 3.63) is 24.3 Å². The van der Waals surface area contributed by atoms with E-state index in [0.717, 1.165) is 31.1 Å². The van der Waals surface area contributed by atoms with Crippen LogP contribution in [0, 0.1) is 5.41 Å². The molecule has 1 fully saturated rings. The van der Waals surface area contributed by atoms with Crippen molar-refractivity contribution in [3.63, 3.8) is 0 Å². The molecule has 8 heteroatoms. The molecule has 0 bridgehead atoms. The van der Waals surface area contributed by atoms with E-state index < -0.39 is 5.41 Å². The van der Waals surface area contributed by atoms with E-state index in [1.807, 2.05) is 24.3 Å². The minimum Gasteiger partial charge on any atom is -0.492 e. The van der Waals surface area contributed by atoms with Crippen LogP contribution in [0.1, 0.15) is 26.7 Å². The van der Waals surface area contributed by atoms with E-state index in [0.29, 0.717) is 39.2 Å². The van der Waals surface area contributed by atoms with Crippen molar-refractivity contribution in [2.24, 2.45) is 11.1 Å². The van der Waals surface area contributed by atoms with Gasteiger partial charge in [-0.2, -0.15) is 0 Å². The lowest BCUT2D eigenvalue weighted by atomic mass is 9.79. The molecule has 0 spiro atoms. The molecular formula is C19H33Cl2N3O3. The fraction of sp³-hybridized carbons (Fsp3) is 0.632. The van der Waals surface area contributed by atoms with E-state index in [1.54, 1.807) is 0 Å². The van der Waals surface area contributed by atoms with Crippen LogP contribution in [0.3, 0.4) is 0 Å². The Balaban J connectivity index is 0.00000338. The molecule has 1 aromatic rings. The quantitative estimate of drug-likeness (QED) is 0.640. The molecule has 27 heavy (non-hydrogen) atoms. The van der Waals surface area contributed by atoms with E-state index in [4.69, 9.17) is 15.2 Å². The van der Waals surface area contributed by atoms with Crippen LogP contribution >= 0.6 is 24.8 Å². The van der Waals surface area contributed by atoms with Gasteiger partial charge in [0, 0.05) is 32.0 Å². The van der Waals surface area contributed by atoms with Gasteiger partial charge < -0.3 is 25.4 Å². The number of nitrogens with one attached hydrogen (secondary N) is 1. The number of ether oxygens (including phenoxy) is 2. The molecule has 1 aromatic carbocycles. The summed E-state index contributed by atoms with van der Waals surface area (Å²) < 4.78 is 11.1. The highest BCUT2D eigenvalue weighted by atomic mass is 35.5. The van der Waals surface area contributed by atoms with Gasteiger partial charge in [-0.15, -0.1) is 24.8 Å². The minimum absolute atomic E-state index is 0. The molecule has 156 valence electrons. The smallest absolute Gasteiger partial charge is 0.232 e. The third kappa shape index (κ3) is 7.47. The van der Waals surface area contributed by atoms with Gasteiger partial charge in [0.15, 0.2) is 0 Å². The van der Waals surface area contributed by atoms with Crippen molar-refractivity contribution in [1.82, 2.24) is 4.90 Å². The zero-order valence-electron chi connectivity index (χ0n) is 16.2. The highest BCUT2D eigenvalue weighted by molar-refractivity contribution is 5.95. The summed E-state index contributed by atoms with van der Waals surface area (Å²) in [6.45, 7) is 9.43. The first-order chi connectivity index (χ1) is 12.1. The average molecular weight is 422 g/mol. The average Bonchev–Trinajstić information content (AvgIpc) is 2.67. The zero-order valence-corrected chi connectivity index (χ0v) is 17.9. The highest BCUT2D eigenvalue weighted by Gasteiger charge is 2.38. The predicted molar refractivity (Wildman–Crippen MR) is 114 cm³/mol. The first-order valence-corrected chi connectivity index (χ1v) is 9.18. The second kappa shape index (κ2) is 13.2. The molecule has 0 aromatic heterocycles. The number of likely N-dealkylation sites (N-methyl/N-ethyl adjacent to an activating group) is 1.